The molecule has 0 aliphatic carbocycles. The Morgan fingerprint density at radius 2 is 1.75 bits per heavy atom. The Kier molecular flexibility index (Phi) is 3.96. The summed E-state index contributed by atoms with van der Waals surface area (Å²) >= 11 is 0. The lowest BCUT2D eigenvalue weighted by Gasteiger charge is -2.19. The molecule has 2 aromatic carbocycles. The zero-order valence-corrected chi connectivity index (χ0v) is 14.5. The molecule has 126 valence electrons. The van der Waals surface area contributed by atoms with Crippen molar-refractivity contribution < 1.29 is 17.9 Å². The summed E-state index contributed by atoms with van der Waals surface area (Å²) in [4.78, 5) is 11.4. The summed E-state index contributed by atoms with van der Waals surface area (Å²) in [5, 5.41) is 2.63. The molecule has 2 aromatic rings. The highest BCUT2D eigenvalue weighted by molar-refractivity contribution is 7.92. The Balaban J connectivity index is 1.96. The quantitative estimate of drug-likeness (QED) is 0.895. The van der Waals surface area contributed by atoms with Gasteiger partial charge in [-0.15, -0.1) is 0 Å². The third-order valence-corrected chi connectivity index (χ3v) is 5.16. The lowest BCUT2D eigenvalue weighted by Crippen LogP contribution is -2.25. The second-order valence-electron chi connectivity index (χ2n) is 5.87. The van der Waals surface area contributed by atoms with Crippen molar-refractivity contribution in [3.8, 4) is 5.75 Å². The van der Waals surface area contributed by atoms with Crippen molar-refractivity contribution in [2.45, 2.75) is 25.7 Å². The van der Waals surface area contributed by atoms with E-state index < -0.39 is 10.0 Å². The second kappa shape index (κ2) is 5.83. The number of sulfonamides is 1. The van der Waals surface area contributed by atoms with Gasteiger partial charge in [0, 0.05) is 6.07 Å². The number of carbonyl (C=O) groups is 1. The standard InChI is InChI=1S/C17H18N2O4S/c1-10-6-11(2)17(12(3)7-10)19-24(21,22)13-4-5-14-15(8-13)23-9-16(20)18-14/h4-8,19H,9H2,1-3H3,(H,18,20). The van der Waals surface area contributed by atoms with Crippen LogP contribution in [0.25, 0.3) is 0 Å². The van der Waals surface area contributed by atoms with Crippen molar-refractivity contribution in [2.24, 2.45) is 0 Å². The molecule has 0 unspecified atom stereocenters. The lowest BCUT2D eigenvalue weighted by atomic mass is 10.1. The van der Waals surface area contributed by atoms with Gasteiger partial charge >= 0.3 is 0 Å². The Labute approximate surface area is 140 Å². The normalized spacial score (nSPS) is 13.7. The maximum absolute atomic E-state index is 12.7. The van der Waals surface area contributed by atoms with Gasteiger partial charge in [-0.05, 0) is 44.0 Å². The fraction of sp³-hybridized carbons (Fsp3) is 0.235. The summed E-state index contributed by atoms with van der Waals surface area (Å²) in [6.07, 6.45) is 0. The molecule has 24 heavy (non-hydrogen) atoms. The van der Waals surface area contributed by atoms with E-state index in [2.05, 4.69) is 10.0 Å². The Hall–Kier alpha value is -2.54. The molecule has 0 atom stereocenters. The van der Waals surface area contributed by atoms with Crippen LogP contribution in [0.3, 0.4) is 0 Å². The van der Waals surface area contributed by atoms with Crippen molar-refractivity contribution in [3.63, 3.8) is 0 Å². The molecular formula is C17H18N2O4S. The number of ether oxygens (including phenoxy) is 1. The van der Waals surface area contributed by atoms with Gasteiger partial charge in [-0.1, -0.05) is 17.7 Å². The fourth-order valence-corrected chi connectivity index (χ4v) is 3.97. The highest BCUT2D eigenvalue weighted by Crippen LogP contribution is 2.32. The molecule has 0 bridgehead atoms. The number of hydrogen-bond acceptors (Lipinski definition) is 4. The molecule has 0 fully saturated rings. The molecule has 0 aromatic heterocycles. The van der Waals surface area contributed by atoms with E-state index in [1.54, 1.807) is 0 Å². The van der Waals surface area contributed by atoms with Gasteiger partial charge in [-0.25, -0.2) is 8.42 Å². The van der Waals surface area contributed by atoms with E-state index in [1.807, 2.05) is 32.9 Å². The summed E-state index contributed by atoms with van der Waals surface area (Å²) < 4.78 is 33.3. The number of aryl methyl sites for hydroxylation is 3. The van der Waals surface area contributed by atoms with E-state index in [0.29, 0.717) is 17.1 Å². The fourth-order valence-electron chi connectivity index (χ4n) is 2.76. The molecule has 2 N–H and O–H groups in total. The molecule has 0 saturated heterocycles. The third-order valence-electron chi connectivity index (χ3n) is 3.81. The van der Waals surface area contributed by atoms with Crippen LogP contribution < -0.4 is 14.8 Å². The monoisotopic (exact) mass is 346 g/mol. The van der Waals surface area contributed by atoms with Crippen LogP contribution in [0, 0.1) is 20.8 Å². The van der Waals surface area contributed by atoms with Gasteiger partial charge in [-0.3, -0.25) is 9.52 Å². The van der Waals surface area contributed by atoms with Crippen LogP contribution in [0.1, 0.15) is 16.7 Å². The Bertz CT molecular complexity index is 913. The molecule has 3 rings (SSSR count). The number of carbonyl (C=O) groups excluding carboxylic acids is 1. The first-order valence-electron chi connectivity index (χ1n) is 7.43. The first-order chi connectivity index (χ1) is 11.3. The maximum atomic E-state index is 12.7. The lowest BCUT2D eigenvalue weighted by molar-refractivity contribution is -0.118. The van der Waals surface area contributed by atoms with Crippen LogP contribution in [0.5, 0.6) is 5.75 Å². The summed E-state index contributed by atoms with van der Waals surface area (Å²) in [6, 6.07) is 8.23. The number of amides is 1. The van der Waals surface area contributed by atoms with Gasteiger partial charge in [-0.2, -0.15) is 0 Å². The van der Waals surface area contributed by atoms with Crippen molar-refractivity contribution in [2.75, 3.05) is 16.6 Å². The molecule has 1 aliphatic heterocycles. The largest absolute Gasteiger partial charge is 0.482 e. The molecule has 6 nitrogen and oxygen atoms in total. The molecule has 1 aliphatic rings. The average molecular weight is 346 g/mol. The van der Waals surface area contributed by atoms with E-state index in [9.17, 15) is 13.2 Å². The van der Waals surface area contributed by atoms with Crippen LogP contribution in [0.4, 0.5) is 11.4 Å². The van der Waals surface area contributed by atoms with E-state index >= 15 is 0 Å². The Morgan fingerprint density at radius 3 is 2.42 bits per heavy atom. The molecule has 0 spiro atoms. The smallest absolute Gasteiger partial charge is 0.262 e. The number of nitrogens with one attached hydrogen (secondary N) is 2. The predicted molar refractivity (Wildman–Crippen MR) is 92.0 cm³/mol. The van der Waals surface area contributed by atoms with Crippen molar-refractivity contribution >= 4 is 27.3 Å². The minimum absolute atomic E-state index is 0.0803. The third kappa shape index (κ3) is 3.07. The first-order valence-corrected chi connectivity index (χ1v) is 8.92. The van der Waals surface area contributed by atoms with E-state index in [0.717, 1.165) is 16.7 Å². The SMILES string of the molecule is Cc1cc(C)c(NS(=O)(=O)c2ccc3c(c2)OCC(=O)N3)c(C)c1. The van der Waals surface area contributed by atoms with Crippen LogP contribution >= 0.6 is 0 Å². The first kappa shape index (κ1) is 16.3. The van der Waals surface area contributed by atoms with Crippen LogP contribution in [0.2, 0.25) is 0 Å². The minimum atomic E-state index is -3.76. The number of benzene rings is 2. The van der Waals surface area contributed by atoms with Gasteiger partial charge in [0.05, 0.1) is 16.3 Å². The van der Waals surface area contributed by atoms with Crippen LogP contribution in [-0.2, 0) is 14.8 Å². The topological polar surface area (TPSA) is 84.5 Å². The summed E-state index contributed by atoms with van der Waals surface area (Å²) in [5.41, 5.74) is 3.83. The van der Waals surface area contributed by atoms with E-state index in [-0.39, 0.29) is 17.4 Å². The van der Waals surface area contributed by atoms with E-state index in [4.69, 9.17) is 4.74 Å². The van der Waals surface area contributed by atoms with Crippen molar-refractivity contribution in [1.82, 2.24) is 0 Å². The molecule has 0 radical (unpaired) electrons. The number of hydrogen-bond donors (Lipinski definition) is 2. The molecule has 7 heteroatoms. The zero-order chi connectivity index (χ0) is 17.5. The number of fused-ring (bicyclic) bond motifs is 1. The predicted octanol–water partition coefficient (Wildman–Crippen LogP) is 2.74. The van der Waals surface area contributed by atoms with Gasteiger partial charge in [0.25, 0.3) is 15.9 Å². The summed E-state index contributed by atoms with van der Waals surface area (Å²) in [6.45, 7) is 5.57. The van der Waals surface area contributed by atoms with Gasteiger partial charge in [0.1, 0.15) is 5.75 Å². The van der Waals surface area contributed by atoms with Crippen molar-refractivity contribution in [3.05, 3.63) is 47.0 Å². The summed E-state index contributed by atoms with van der Waals surface area (Å²) in [5.74, 6) is 0.0805. The Morgan fingerprint density at radius 1 is 1.08 bits per heavy atom. The molecule has 1 heterocycles. The van der Waals surface area contributed by atoms with Gasteiger partial charge < -0.3 is 10.1 Å². The number of anilines is 2. The zero-order valence-electron chi connectivity index (χ0n) is 13.6. The van der Waals surface area contributed by atoms with E-state index in [1.165, 1.54) is 18.2 Å². The van der Waals surface area contributed by atoms with Crippen LogP contribution in [-0.4, -0.2) is 20.9 Å². The number of rotatable bonds is 3. The minimum Gasteiger partial charge on any atom is -0.482 e. The maximum Gasteiger partial charge on any atom is 0.262 e. The van der Waals surface area contributed by atoms with Crippen molar-refractivity contribution in [1.29, 1.82) is 0 Å². The summed E-state index contributed by atoms with van der Waals surface area (Å²) in [7, 11) is -3.76. The average Bonchev–Trinajstić information content (AvgIpc) is 2.50. The molecule has 0 saturated carbocycles. The van der Waals surface area contributed by atoms with Gasteiger partial charge in [0.15, 0.2) is 6.61 Å². The molecular weight excluding hydrogens is 328 g/mol. The highest BCUT2D eigenvalue weighted by atomic mass is 32.2. The second-order valence-corrected chi connectivity index (χ2v) is 7.56. The highest BCUT2D eigenvalue weighted by Gasteiger charge is 2.22. The van der Waals surface area contributed by atoms with Crippen LogP contribution in [0.15, 0.2) is 35.2 Å². The molecule has 1 amide bonds. The van der Waals surface area contributed by atoms with Gasteiger partial charge in [0.2, 0.25) is 0 Å².